The van der Waals surface area contributed by atoms with Crippen LogP contribution in [0.25, 0.3) is 0 Å². The van der Waals surface area contributed by atoms with Gasteiger partial charge in [0.1, 0.15) is 11.6 Å². The summed E-state index contributed by atoms with van der Waals surface area (Å²) in [5, 5.41) is 6.15. The fourth-order valence-electron chi connectivity index (χ4n) is 1.95. The molecular formula is C13H16ClFN2O2. The van der Waals surface area contributed by atoms with Crippen molar-refractivity contribution in [2.75, 3.05) is 19.7 Å². The molecule has 0 saturated carbocycles. The van der Waals surface area contributed by atoms with Crippen LogP contribution in [0.15, 0.2) is 18.2 Å². The standard InChI is InChI=1S/C13H16ClFN2O2/c14-11-2-1-10(7-12(11)15)19-8-13(18)17-9-3-5-16-6-4-9/h1-2,7,9,16H,3-6,8H2,(H,17,18). The van der Waals surface area contributed by atoms with Crippen LogP contribution in [0, 0.1) is 5.82 Å². The minimum Gasteiger partial charge on any atom is -0.484 e. The van der Waals surface area contributed by atoms with E-state index in [0.717, 1.165) is 25.9 Å². The number of amides is 1. The molecule has 1 saturated heterocycles. The first kappa shape index (κ1) is 14.1. The average Bonchev–Trinajstić information content (AvgIpc) is 2.41. The van der Waals surface area contributed by atoms with E-state index in [2.05, 4.69) is 10.6 Å². The monoisotopic (exact) mass is 286 g/mol. The Labute approximate surface area is 116 Å². The maximum absolute atomic E-state index is 13.2. The van der Waals surface area contributed by atoms with Gasteiger partial charge in [-0.15, -0.1) is 0 Å². The van der Waals surface area contributed by atoms with Gasteiger partial charge in [0.2, 0.25) is 0 Å². The summed E-state index contributed by atoms with van der Waals surface area (Å²) in [6.45, 7) is 1.70. The lowest BCUT2D eigenvalue weighted by atomic mass is 10.1. The Bertz CT molecular complexity index is 450. The summed E-state index contributed by atoms with van der Waals surface area (Å²) < 4.78 is 18.4. The number of piperidine rings is 1. The van der Waals surface area contributed by atoms with E-state index < -0.39 is 5.82 Å². The number of carbonyl (C=O) groups excluding carboxylic acids is 1. The van der Waals surface area contributed by atoms with Crippen LogP contribution in [0.1, 0.15) is 12.8 Å². The van der Waals surface area contributed by atoms with Crippen molar-refractivity contribution >= 4 is 17.5 Å². The van der Waals surface area contributed by atoms with Crippen LogP contribution in [0.2, 0.25) is 5.02 Å². The zero-order chi connectivity index (χ0) is 13.7. The van der Waals surface area contributed by atoms with Crippen molar-refractivity contribution in [3.05, 3.63) is 29.0 Å². The number of benzene rings is 1. The lowest BCUT2D eigenvalue weighted by molar-refractivity contribution is -0.123. The molecule has 1 aromatic carbocycles. The predicted molar refractivity (Wildman–Crippen MR) is 70.9 cm³/mol. The number of halogens is 2. The zero-order valence-electron chi connectivity index (χ0n) is 10.4. The van der Waals surface area contributed by atoms with Crippen LogP contribution >= 0.6 is 11.6 Å². The molecular weight excluding hydrogens is 271 g/mol. The van der Waals surface area contributed by atoms with Gasteiger partial charge in [-0.25, -0.2) is 4.39 Å². The molecule has 1 fully saturated rings. The second kappa shape index (κ2) is 6.73. The summed E-state index contributed by atoms with van der Waals surface area (Å²) in [6, 6.07) is 4.29. The minimum absolute atomic E-state index is 0.0338. The van der Waals surface area contributed by atoms with Crippen molar-refractivity contribution < 1.29 is 13.9 Å². The molecule has 19 heavy (non-hydrogen) atoms. The molecule has 6 heteroatoms. The summed E-state index contributed by atoms with van der Waals surface area (Å²) in [7, 11) is 0. The second-order valence-corrected chi connectivity index (χ2v) is 4.86. The van der Waals surface area contributed by atoms with Crippen molar-refractivity contribution in [1.82, 2.24) is 10.6 Å². The molecule has 104 valence electrons. The van der Waals surface area contributed by atoms with Crippen molar-refractivity contribution in [2.24, 2.45) is 0 Å². The van der Waals surface area contributed by atoms with Gasteiger partial charge < -0.3 is 15.4 Å². The summed E-state index contributed by atoms with van der Waals surface area (Å²) in [6.07, 6.45) is 1.84. The fourth-order valence-corrected chi connectivity index (χ4v) is 2.07. The van der Waals surface area contributed by atoms with E-state index in [1.807, 2.05) is 0 Å². The van der Waals surface area contributed by atoms with E-state index in [4.69, 9.17) is 16.3 Å². The normalized spacial score (nSPS) is 16.1. The Morgan fingerprint density at radius 3 is 2.89 bits per heavy atom. The molecule has 0 aliphatic carbocycles. The number of hydrogen-bond donors (Lipinski definition) is 2. The Kier molecular flexibility index (Phi) is 4.99. The van der Waals surface area contributed by atoms with E-state index in [-0.39, 0.29) is 23.6 Å². The van der Waals surface area contributed by atoms with Crippen LogP contribution in [-0.2, 0) is 4.79 Å². The molecule has 0 atom stereocenters. The molecule has 1 aliphatic rings. The van der Waals surface area contributed by atoms with E-state index in [1.54, 1.807) is 0 Å². The van der Waals surface area contributed by atoms with Crippen LogP contribution in [0.5, 0.6) is 5.75 Å². The lowest BCUT2D eigenvalue weighted by Crippen LogP contribution is -2.44. The van der Waals surface area contributed by atoms with Gasteiger partial charge in [-0.1, -0.05) is 11.6 Å². The number of carbonyl (C=O) groups is 1. The number of hydrogen-bond acceptors (Lipinski definition) is 3. The highest BCUT2D eigenvalue weighted by Gasteiger charge is 2.15. The summed E-state index contributed by atoms with van der Waals surface area (Å²) in [4.78, 5) is 11.7. The van der Waals surface area contributed by atoms with E-state index in [1.165, 1.54) is 18.2 Å². The van der Waals surface area contributed by atoms with Crippen LogP contribution in [0.3, 0.4) is 0 Å². The summed E-state index contributed by atoms with van der Waals surface area (Å²) in [5.41, 5.74) is 0. The number of rotatable bonds is 4. The highest BCUT2D eigenvalue weighted by Crippen LogP contribution is 2.20. The van der Waals surface area contributed by atoms with Gasteiger partial charge in [0.25, 0.3) is 5.91 Å². The molecule has 4 nitrogen and oxygen atoms in total. The second-order valence-electron chi connectivity index (χ2n) is 4.46. The molecule has 2 N–H and O–H groups in total. The highest BCUT2D eigenvalue weighted by atomic mass is 35.5. The highest BCUT2D eigenvalue weighted by molar-refractivity contribution is 6.30. The number of ether oxygens (including phenoxy) is 1. The number of nitrogens with one attached hydrogen (secondary N) is 2. The quantitative estimate of drug-likeness (QED) is 0.886. The van der Waals surface area contributed by atoms with E-state index >= 15 is 0 Å². The van der Waals surface area contributed by atoms with Gasteiger partial charge in [0.15, 0.2) is 6.61 Å². The molecule has 0 unspecified atom stereocenters. The maximum atomic E-state index is 13.2. The largest absolute Gasteiger partial charge is 0.484 e. The Hall–Kier alpha value is -1.33. The molecule has 0 aromatic heterocycles. The minimum atomic E-state index is -0.557. The van der Waals surface area contributed by atoms with Gasteiger partial charge in [-0.2, -0.15) is 0 Å². The van der Waals surface area contributed by atoms with Crippen molar-refractivity contribution in [3.8, 4) is 5.75 Å². The summed E-state index contributed by atoms with van der Waals surface area (Å²) >= 11 is 5.56. The smallest absolute Gasteiger partial charge is 0.258 e. The average molecular weight is 287 g/mol. The molecule has 2 rings (SSSR count). The van der Waals surface area contributed by atoms with Crippen LogP contribution in [0.4, 0.5) is 4.39 Å². The Morgan fingerprint density at radius 2 is 2.21 bits per heavy atom. The maximum Gasteiger partial charge on any atom is 0.258 e. The Morgan fingerprint density at radius 1 is 1.47 bits per heavy atom. The van der Waals surface area contributed by atoms with Crippen LogP contribution in [-0.4, -0.2) is 31.6 Å². The molecule has 1 aromatic rings. The van der Waals surface area contributed by atoms with Gasteiger partial charge in [-0.05, 0) is 38.1 Å². The lowest BCUT2D eigenvalue weighted by Gasteiger charge is -2.23. The first-order valence-electron chi connectivity index (χ1n) is 6.23. The molecule has 1 amide bonds. The van der Waals surface area contributed by atoms with Crippen molar-refractivity contribution in [1.29, 1.82) is 0 Å². The fraction of sp³-hybridized carbons (Fsp3) is 0.462. The molecule has 1 heterocycles. The summed E-state index contributed by atoms with van der Waals surface area (Å²) in [5.74, 6) is -0.456. The molecule has 0 bridgehead atoms. The molecule has 0 radical (unpaired) electrons. The predicted octanol–water partition coefficient (Wildman–Crippen LogP) is 1.73. The van der Waals surface area contributed by atoms with Gasteiger partial charge >= 0.3 is 0 Å². The third-order valence-electron chi connectivity index (χ3n) is 2.97. The van der Waals surface area contributed by atoms with Crippen molar-refractivity contribution in [2.45, 2.75) is 18.9 Å². The van der Waals surface area contributed by atoms with Gasteiger partial charge in [0, 0.05) is 12.1 Å². The topological polar surface area (TPSA) is 50.4 Å². The third-order valence-corrected chi connectivity index (χ3v) is 3.27. The zero-order valence-corrected chi connectivity index (χ0v) is 11.2. The van der Waals surface area contributed by atoms with Crippen LogP contribution < -0.4 is 15.4 Å². The Balaban J connectivity index is 1.77. The van der Waals surface area contributed by atoms with Gasteiger partial charge in [0.05, 0.1) is 5.02 Å². The third kappa shape index (κ3) is 4.36. The SMILES string of the molecule is O=C(COc1ccc(Cl)c(F)c1)NC1CCNCC1. The van der Waals surface area contributed by atoms with Gasteiger partial charge in [-0.3, -0.25) is 4.79 Å². The van der Waals surface area contributed by atoms with E-state index in [9.17, 15) is 9.18 Å². The molecule has 0 spiro atoms. The van der Waals surface area contributed by atoms with Crippen molar-refractivity contribution in [3.63, 3.8) is 0 Å². The van der Waals surface area contributed by atoms with E-state index in [0.29, 0.717) is 5.75 Å². The first-order chi connectivity index (χ1) is 9.15. The first-order valence-corrected chi connectivity index (χ1v) is 6.61. The molecule has 1 aliphatic heterocycles.